The van der Waals surface area contributed by atoms with Crippen LogP contribution in [0.15, 0.2) is 24.3 Å². The van der Waals surface area contributed by atoms with Crippen LogP contribution in [0.4, 0.5) is 10.5 Å². The lowest BCUT2D eigenvalue weighted by Crippen LogP contribution is -2.68. The normalized spacial score (nSPS) is 24.0. The van der Waals surface area contributed by atoms with Gasteiger partial charge >= 0.3 is 6.03 Å². The van der Waals surface area contributed by atoms with Crippen LogP contribution in [0.25, 0.3) is 0 Å². The first-order chi connectivity index (χ1) is 11.1. The van der Waals surface area contributed by atoms with Gasteiger partial charge < -0.3 is 26.4 Å². The summed E-state index contributed by atoms with van der Waals surface area (Å²) in [5.41, 5.74) is 6.18. The highest BCUT2D eigenvalue weighted by Gasteiger charge is 2.25. The molecule has 0 aromatic heterocycles. The quantitative estimate of drug-likeness (QED) is 0.438. The molecule has 2 amide bonds. The SMILES string of the molecule is COc1cccc(NC(=O)NC2NC(C)CC(NCCN)N2)c1. The summed E-state index contributed by atoms with van der Waals surface area (Å²) in [5, 5.41) is 15.5. The summed E-state index contributed by atoms with van der Waals surface area (Å²) in [7, 11) is 1.59. The molecule has 8 nitrogen and oxygen atoms in total. The van der Waals surface area contributed by atoms with Crippen molar-refractivity contribution in [1.29, 1.82) is 0 Å². The minimum Gasteiger partial charge on any atom is -0.497 e. The van der Waals surface area contributed by atoms with Crippen LogP contribution in [0.2, 0.25) is 0 Å². The summed E-state index contributed by atoms with van der Waals surface area (Å²) in [6.07, 6.45) is 0.701. The van der Waals surface area contributed by atoms with E-state index >= 15 is 0 Å². The molecule has 0 saturated carbocycles. The van der Waals surface area contributed by atoms with Gasteiger partial charge in [0.2, 0.25) is 0 Å². The van der Waals surface area contributed by atoms with Crippen LogP contribution >= 0.6 is 0 Å². The summed E-state index contributed by atoms with van der Waals surface area (Å²) in [5.74, 6) is 0.691. The maximum atomic E-state index is 12.1. The van der Waals surface area contributed by atoms with Gasteiger partial charge in [-0.05, 0) is 25.5 Å². The van der Waals surface area contributed by atoms with Crippen LogP contribution < -0.4 is 37.1 Å². The van der Waals surface area contributed by atoms with Crippen molar-refractivity contribution in [3.8, 4) is 5.75 Å². The van der Waals surface area contributed by atoms with Crippen molar-refractivity contribution in [2.45, 2.75) is 31.8 Å². The fraction of sp³-hybridized carbons (Fsp3) is 0.533. The Morgan fingerprint density at radius 2 is 2.26 bits per heavy atom. The molecule has 0 spiro atoms. The predicted octanol–water partition coefficient (Wildman–Crippen LogP) is -0.0539. The molecule has 3 unspecified atom stereocenters. The fourth-order valence-electron chi connectivity index (χ4n) is 2.51. The molecule has 0 bridgehead atoms. The van der Waals surface area contributed by atoms with Crippen LogP contribution in [0.5, 0.6) is 5.75 Å². The van der Waals surface area contributed by atoms with Gasteiger partial charge in [-0.25, -0.2) is 4.79 Å². The van der Waals surface area contributed by atoms with Crippen molar-refractivity contribution in [3.63, 3.8) is 0 Å². The first-order valence-electron chi connectivity index (χ1n) is 7.78. The van der Waals surface area contributed by atoms with Crippen molar-refractivity contribution < 1.29 is 9.53 Å². The number of nitrogens with two attached hydrogens (primary N) is 1. The predicted molar refractivity (Wildman–Crippen MR) is 90.1 cm³/mol. The highest BCUT2D eigenvalue weighted by molar-refractivity contribution is 5.89. The van der Waals surface area contributed by atoms with E-state index in [2.05, 4.69) is 33.5 Å². The minimum atomic E-state index is -0.320. The molecule has 1 aromatic rings. The van der Waals surface area contributed by atoms with Crippen molar-refractivity contribution >= 4 is 11.7 Å². The zero-order valence-electron chi connectivity index (χ0n) is 13.6. The fourth-order valence-corrected chi connectivity index (χ4v) is 2.51. The minimum absolute atomic E-state index is 0.108. The second-order valence-electron chi connectivity index (χ2n) is 5.53. The Balaban J connectivity index is 1.85. The van der Waals surface area contributed by atoms with E-state index in [9.17, 15) is 4.79 Å². The first-order valence-corrected chi connectivity index (χ1v) is 7.78. The van der Waals surface area contributed by atoms with Crippen molar-refractivity contribution in [2.75, 3.05) is 25.5 Å². The van der Waals surface area contributed by atoms with Gasteiger partial charge in [0.25, 0.3) is 0 Å². The molecule has 128 valence electrons. The van der Waals surface area contributed by atoms with Crippen molar-refractivity contribution in [3.05, 3.63) is 24.3 Å². The molecule has 7 N–H and O–H groups in total. The van der Waals surface area contributed by atoms with Crippen LogP contribution in [-0.4, -0.2) is 44.7 Å². The number of hydrogen-bond donors (Lipinski definition) is 6. The van der Waals surface area contributed by atoms with Gasteiger partial charge in [-0.2, -0.15) is 0 Å². The number of nitrogens with one attached hydrogen (secondary N) is 5. The summed E-state index contributed by atoms with van der Waals surface area (Å²) >= 11 is 0. The van der Waals surface area contributed by atoms with Gasteiger partial charge in [-0.15, -0.1) is 0 Å². The third kappa shape index (κ3) is 5.68. The number of carbonyl (C=O) groups is 1. The maximum Gasteiger partial charge on any atom is 0.321 e. The topological polar surface area (TPSA) is 112 Å². The Morgan fingerprint density at radius 1 is 1.43 bits per heavy atom. The monoisotopic (exact) mass is 322 g/mol. The molecule has 2 rings (SSSR count). The summed E-state index contributed by atoms with van der Waals surface area (Å²) < 4.78 is 5.14. The molecule has 1 saturated heterocycles. The number of hydrogen-bond acceptors (Lipinski definition) is 6. The van der Waals surface area contributed by atoms with Gasteiger partial charge in [-0.1, -0.05) is 6.07 Å². The van der Waals surface area contributed by atoms with Gasteiger partial charge in [-0.3, -0.25) is 10.6 Å². The smallest absolute Gasteiger partial charge is 0.321 e. The van der Waals surface area contributed by atoms with Crippen LogP contribution in [0.3, 0.4) is 0 Å². The number of methoxy groups -OCH3 is 1. The summed E-state index contributed by atoms with van der Waals surface area (Å²) in [4.78, 5) is 12.1. The number of urea groups is 1. The van der Waals surface area contributed by atoms with Gasteiger partial charge in [0, 0.05) is 30.9 Å². The average Bonchev–Trinajstić information content (AvgIpc) is 2.52. The molecule has 8 heteroatoms. The average molecular weight is 322 g/mol. The molecule has 1 aromatic carbocycles. The molecule has 0 aliphatic carbocycles. The standard InChI is InChI=1S/C15H26N6O2/c1-10-8-13(17-7-6-16)20-14(18-10)21-15(22)19-11-4-3-5-12(9-11)23-2/h3-5,9-10,13-14,17-18,20H,6-8,16H2,1-2H3,(H2,19,21,22). The van der Waals surface area contributed by atoms with E-state index in [4.69, 9.17) is 10.5 Å². The first kappa shape index (κ1) is 17.5. The lowest BCUT2D eigenvalue weighted by Gasteiger charge is -2.36. The Bertz CT molecular complexity index is 512. The molecule has 1 aliphatic rings. The van der Waals surface area contributed by atoms with E-state index in [1.165, 1.54) is 0 Å². The molecule has 1 heterocycles. The largest absolute Gasteiger partial charge is 0.497 e. The van der Waals surface area contributed by atoms with E-state index in [0.29, 0.717) is 18.0 Å². The second kappa shape index (κ2) is 8.68. The third-order valence-corrected chi connectivity index (χ3v) is 3.55. The molecule has 0 radical (unpaired) electrons. The van der Waals surface area contributed by atoms with Gasteiger partial charge in [0.15, 0.2) is 0 Å². The third-order valence-electron chi connectivity index (χ3n) is 3.55. The van der Waals surface area contributed by atoms with E-state index in [0.717, 1.165) is 13.0 Å². The molecular formula is C15H26N6O2. The Kier molecular flexibility index (Phi) is 6.60. The molecule has 23 heavy (non-hydrogen) atoms. The Morgan fingerprint density at radius 3 is 3.00 bits per heavy atom. The van der Waals surface area contributed by atoms with Gasteiger partial charge in [0.05, 0.1) is 13.3 Å². The van der Waals surface area contributed by atoms with E-state index in [-0.39, 0.29) is 24.5 Å². The number of benzene rings is 1. The Labute approximate surface area is 136 Å². The number of amides is 2. The Hall–Kier alpha value is -1.87. The van der Waals surface area contributed by atoms with E-state index < -0.39 is 0 Å². The summed E-state index contributed by atoms with van der Waals surface area (Å²) in [6, 6.07) is 7.18. The molecule has 3 atom stereocenters. The number of ether oxygens (including phenoxy) is 1. The van der Waals surface area contributed by atoms with Gasteiger partial charge in [0.1, 0.15) is 12.0 Å². The number of rotatable bonds is 6. The van der Waals surface area contributed by atoms with Crippen LogP contribution in [-0.2, 0) is 0 Å². The molecule has 1 fully saturated rings. The highest BCUT2D eigenvalue weighted by Crippen LogP contribution is 2.16. The van der Waals surface area contributed by atoms with Crippen LogP contribution in [0.1, 0.15) is 13.3 Å². The maximum absolute atomic E-state index is 12.1. The van der Waals surface area contributed by atoms with E-state index in [1.807, 2.05) is 12.1 Å². The molecular weight excluding hydrogens is 296 g/mol. The number of anilines is 1. The van der Waals surface area contributed by atoms with Crippen LogP contribution in [0, 0.1) is 0 Å². The lowest BCUT2D eigenvalue weighted by atomic mass is 10.1. The lowest BCUT2D eigenvalue weighted by molar-refractivity contribution is 0.194. The zero-order valence-corrected chi connectivity index (χ0v) is 13.6. The second-order valence-corrected chi connectivity index (χ2v) is 5.53. The van der Waals surface area contributed by atoms with E-state index in [1.54, 1.807) is 19.2 Å². The highest BCUT2D eigenvalue weighted by atomic mass is 16.5. The number of carbonyl (C=O) groups excluding carboxylic acids is 1. The zero-order chi connectivity index (χ0) is 16.7. The van der Waals surface area contributed by atoms with Crippen molar-refractivity contribution in [1.82, 2.24) is 21.3 Å². The molecule has 1 aliphatic heterocycles. The summed E-state index contributed by atoms with van der Waals surface area (Å²) in [6.45, 7) is 3.38. The van der Waals surface area contributed by atoms with Crippen molar-refractivity contribution in [2.24, 2.45) is 5.73 Å².